The predicted octanol–water partition coefficient (Wildman–Crippen LogP) is 3.13. The first-order valence-corrected chi connectivity index (χ1v) is 8.93. The van der Waals surface area contributed by atoms with Crippen LogP contribution in [0.2, 0.25) is 5.02 Å². The summed E-state index contributed by atoms with van der Waals surface area (Å²) in [5.41, 5.74) is 1.90. The topological polar surface area (TPSA) is 67.2 Å². The van der Waals surface area contributed by atoms with Gasteiger partial charge in [-0.25, -0.2) is 4.68 Å². The van der Waals surface area contributed by atoms with Gasteiger partial charge in [0.15, 0.2) is 0 Å². The van der Waals surface area contributed by atoms with Gasteiger partial charge >= 0.3 is 0 Å². The van der Waals surface area contributed by atoms with Crippen LogP contribution in [0.3, 0.4) is 0 Å². The number of anilines is 2. The Morgan fingerprint density at radius 3 is 2.52 bits per heavy atom. The molecule has 2 aliphatic heterocycles. The van der Waals surface area contributed by atoms with Gasteiger partial charge < -0.3 is 10.2 Å². The molecular formula is C20H15ClN4O2. The zero-order valence-electron chi connectivity index (χ0n) is 14.4. The lowest BCUT2D eigenvalue weighted by molar-refractivity contribution is -0.126. The monoisotopic (exact) mass is 378 g/mol. The number of hydrogen-bond acceptors (Lipinski definition) is 3. The average molecular weight is 379 g/mol. The highest BCUT2D eigenvalue weighted by molar-refractivity contribution is 6.32. The Bertz CT molecular complexity index is 1120. The van der Waals surface area contributed by atoms with Crippen LogP contribution < -0.4 is 10.2 Å². The van der Waals surface area contributed by atoms with E-state index in [9.17, 15) is 9.59 Å². The Morgan fingerprint density at radius 1 is 1.04 bits per heavy atom. The molecule has 5 rings (SSSR count). The minimum atomic E-state index is -1.07. The zero-order chi connectivity index (χ0) is 18.8. The van der Waals surface area contributed by atoms with E-state index in [0.717, 1.165) is 11.3 Å². The van der Waals surface area contributed by atoms with E-state index >= 15 is 0 Å². The first kappa shape index (κ1) is 16.1. The highest BCUT2D eigenvalue weighted by atomic mass is 35.5. The number of fused-ring (bicyclic) bond motifs is 4. The maximum absolute atomic E-state index is 13.3. The molecule has 3 heterocycles. The van der Waals surface area contributed by atoms with Crippen LogP contribution in [0.4, 0.5) is 11.5 Å². The quantitative estimate of drug-likeness (QED) is 0.707. The van der Waals surface area contributed by atoms with E-state index in [2.05, 4.69) is 10.4 Å². The van der Waals surface area contributed by atoms with Crippen molar-refractivity contribution < 1.29 is 9.59 Å². The van der Waals surface area contributed by atoms with E-state index in [0.29, 0.717) is 22.1 Å². The van der Waals surface area contributed by atoms with Crippen LogP contribution in [0.5, 0.6) is 0 Å². The number of aromatic nitrogens is 2. The highest BCUT2D eigenvalue weighted by Crippen LogP contribution is 2.52. The number of para-hydroxylation sites is 2. The molecule has 0 fully saturated rings. The molecule has 1 atom stereocenters. The van der Waals surface area contributed by atoms with Crippen LogP contribution in [0.25, 0.3) is 5.69 Å². The first-order valence-electron chi connectivity index (χ1n) is 8.55. The summed E-state index contributed by atoms with van der Waals surface area (Å²) in [5.74, 6) is 0.131. The van der Waals surface area contributed by atoms with Crippen molar-refractivity contribution in [3.8, 4) is 5.69 Å². The number of halogens is 1. The van der Waals surface area contributed by atoms with E-state index in [-0.39, 0.29) is 18.2 Å². The van der Waals surface area contributed by atoms with Crippen LogP contribution in [0.1, 0.15) is 17.5 Å². The Labute approximate surface area is 160 Å². The molecule has 7 heteroatoms. The number of carbonyl (C=O) groups is 2. The van der Waals surface area contributed by atoms with Crippen LogP contribution in [0.15, 0.2) is 54.7 Å². The van der Waals surface area contributed by atoms with Gasteiger partial charge in [-0.1, -0.05) is 41.9 Å². The minimum absolute atomic E-state index is 0.0500. The van der Waals surface area contributed by atoms with Crippen LogP contribution in [0, 0.1) is 0 Å². The van der Waals surface area contributed by atoms with Crippen molar-refractivity contribution in [2.75, 3.05) is 17.3 Å². The van der Waals surface area contributed by atoms with Crippen molar-refractivity contribution >= 4 is 34.9 Å². The molecule has 0 unspecified atom stereocenters. The van der Waals surface area contributed by atoms with Crippen molar-refractivity contribution in [1.29, 1.82) is 0 Å². The lowest BCUT2D eigenvalue weighted by atomic mass is 9.72. The zero-order valence-corrected chi connectivity index (χ0v) is 15.2. The number of carbonyl (C=O) groups excluding carboxylic acids is 2. The van der Waals surface area contributed by atoms with Gasteiger partial charge in [-0.2, -0.15) is 5.10 Å². The highest BCUT2D eigenvalue weighted by Gasteiger charge is 2.56. The standard InChI is InChI=1S/C20H15ClN4O2/c1-24-15-8-4-2-6-12(15)20(19(24)27)10-17(26)23-18-13(20)11-22-25(18)16-9-5-3-7-14(16)21/h2-9,11H,10H2,1H3,(H,23,26)/t20-/m0/s1. The van der Waals surface area contributed by atoms with Crippen molar-refractivity contribution in [2.24, 2.45) is 0 Å². The number of rotatable bonds is 1. The summed E-state index contributed by atoms with van der Waals surface area (Å²) >= 11 is 6.33. The Kier molecular flexibility index (Phi) is 3.24. The van der Waals surface area contributed by atoms with E-state index < -0.39 is 5.41 Å². The van der Waals surface area contributed by atoms with Crippen LogP contribution in [-0.4, -0.2) is 28.6 Å². The molecule has 134 valence electrons. The average Bonchev–Trinajstić information content (AvgIpc) is 3.17. The third-order valence-corrected chi connectivity index (χ3v) is 5.71. The van der Waals surface area contributed by atoms with E-state index in [1.165, 1.54) is 0 Å². The molecule has 2 amide bonds. The number of amides is 2. The SMILES string of the molecule is CN1C(=O)[C@@]2(CC(=O)Nc3c2cnn3-c2ccccc2Cl)c2ccccc21. The van der Waals surface area contributed by atoms with E-state index in [1.807, 2.05) is 42.5 Å². The molecule has 1 N–H and O–H groups in total. The van der Waals surface area contributed by atoms with Crippen LogP contribution >= 0.6 is 11.6 Å². The summed E-state index contributed by atoms with van der Waals surface area (Å²) in [6.45, 7) is 0. The third-order valence-electron chi connectivity index (χ3n) is 5.39. The maximum Gasteiger partial charge on any atom is 0.242 e. The maximum atomic E-state index is 13.3. The smallest absolute Gasteiger partial charge is 0.242 e. The number of hydrogen-bond donors (Lipinski definition) is 1. The predicted molar refractivity (Wildman–Crippen MR) is 102 cm³/mol. The summed E-state index contributed by atoms with van der Waals surface area (Å²) in [5, 5.41) is 7.85. The first-order chi connectivity index (χ1) is 13.0. The second-order valence-electron chi connectivity index (χ2n) is 6.78. The van der Waals surface area contributed by atoms with Crippen molar-refractivity contribution in [3.05, 3.63) is 70.9 Å². The Balaban J connectivity index is 1.80. The van der Waals surface area contributed by atoms with Gasteiger partial charge in [-0.05, 0) is 23.8 Å². The van der Waals surface area contributed by atoms with Gasteiger partial charge in [0.05, 0.1) is 16.9 Å². The lowest BCUT2D eigenvalue weighted by Gasteiger charge is -2.32. The fraction of sp³-hybridized carbons (Fsp3) is 0.150. The summed E-state index contributed by atoms with van der Waals surface area (Å²) in [6.07, 6.45) is 1.71. The molecule has 27 heavy (non-hydrogen) atoms. The molecule has 6 nitrogen and oxygen atoms in total. The number of nitrogens with one attached hydrogen (secondary N) is 1. The molecule has 3 aromatic rings. The largest absolute Gasteiger partial charge is 0.314 e. The van der Waals surface area contributed by atoms with Gasteiger partial charge in [0.1, 0.15) is 11.2 Å². The van der Waals surface area contributed by atoms with E-state index in [4.69, 9.17) is 11.6 Å². The fourth-order valence-corrected chi connectivity index (χ4v) is 4.38. The van der Waals surface area contributed by atoms with Crippen LogP contribution in [-0.2, 0) is 15.0 Å². The summed E-state index contributed by atoms with van der Waals surface area (Å²) in [6, 6.07) is 14.8. The number of nitrogens with zero attached hydrogens (tertiary/aromatic N) is 3. The van der Waals surface area contributed by atoms with Gasteiger partial charge in [0.25, 0.3) is 0 Å². The molecule has 0 radical (unpaired) electrons. The summed E-state index contributed by atoms with van der Waals surface area (Å²) < 4.78 is 1.59. The van der Waals surface area contributed by atoms with Crippen molar-refractivity contribution in [3.63, 3.8) is 0 Å². The molecule has 0 aliphatic carbocycles. The molecule has 1 aromatic heterocycles. The molecule has 2 aliphatic rings. The molecule has 2 aromatic carbocycles. The van der Waals surface area contributed by atoms with Crippen molar-refractivity contribution in [1.82, 2.24) is 9.78 Å². The van der Waals surface area contributed by atoms with Gasteiger partial charge in [0, 0.05) is 24.7 Å². The molecule has 0 saturated heterocycles. The molecule has 1 spiro atoms. The van der Waals surface area contributed by atoms with Crippen molar-refractivity contribution in [2.45, 2.75) is 11.8 Å². The van der Waals surface area contributed by atoms with Gasteiger partial charge in [0.2, 0.25) is 11.8 Å². The second kappa shape index (κ2) is 5.44. The number of likely N-dealkylation sites (N-methyl/N-ethyl adjacent to an activating group) is 1. The molecular weight excluding hydrogens is 364 g/mol. The molecule has 0 saturated carbocycles. The summed E-state index contributed by atoms with van der Waals surface area (Å²) in [4.78, 5) is 27.6. The number of benzene rings is 2. The van der Waals surface area contributed by atoms with Gasteiger partial charge in [-0.3, -0.25) is 9.59 Å². The second-order valence-corrected chi connectivity index (χ2v) is 7.19. The summed E-state index contributed by atoms with van der Waals surface area (Å²) in [7, 11) is 1.74. The lowest BCUT2D eigenvalue weighted by Crippen LogP contribution is -2.45. The normalized spacial score (nSPS) is 20.6. The van der Waals surface area contributed by atoms with E-state index in [1.54, 1.807) is 28.9 Å². The Hall–Kier alpha value is -3.12. The minimum Gasteiger partial charge on any atom is -0.314 e. The fourth-order valence-electron chi connectivity index (χ4n) is 4.17. The molecule has 0 bridgehead atoms. The third kappa shape index (κ3) is 1.99. The van der Waals surface area contributed by atoms with Gasteiger partial charge in [-0.15, -0.1) is 0 Å². The Morgan fingerprint density at radius 2 is 1.74 bits per heavy atom.